The van der Waals surface area contributed by atoms with E-state index in [4.69, 9.17) is 16.7 Å². The minimum absolute atomic E-state index is 0.317. The van der Waals surface area contributed by atoms with E-state index in [0.717, 1.165) is 0 Å². The van der Waals surface area contributed by atoms with Crippen molar-refractivity contribution in [1.29, 1.82) is 0 Å². The van der Waals surface area contributed by atoms with Gasteiger partial charge in [0, 0.05) is 16.6 Å². The maximum Gasteiger partial charge on any atom is 0.307 e. The van der Waals surface area contributed by atoms with E-state index in [0.29, 0.717) is 10.7 Å². The van der Waals surface area contributed by atoms with Gasteiger partial charge in [-0.1, -0.05) is 25.4 Å². The second-order valence-corrected chi connectivity index (χ2v) is 4.35. The van der Waals surface area contributed by atoms with Crippen molar-refractivity contribution in [3.05, 3.63) is 29.3 Å². The molecule has 0 bridgehead atoms. The summed E-state index contributed by atoms with van der Waals surface area (Å²) >= 11 is 5.71. The highest BCUT2D eigenvalue weighted by Gasteiger charge is 2.25. The fraction of sp³-hybridized carbons (Fsp3) is 0.333. The van der Waals surface area contributed by atoms with Crippen molar-refractivity contribution in [2.75, 3.05) is 5.32 Å². The predicted molar refractivity (Wildman–Crippen MR) is 66.0 cm³/mol. The Labute approximate surface area is 105 Å². The number of carboxylic acid groups (broad SMARTS) is 1. The smallest absolute Gasteiger partial charge is 0.307 e. The fourth-order valence-electron chi connectivity index (χ4n) is 1.23. The number of carboxylic acids is 1. The first-order valence-corrected chi connectivity index (χ1v) is 5.59. The molecule has 0 aliphatic rings. The molecule has 1 aromatic carbocycles. The van der Waals surface area contributed by atoms with Gasteiger partial charge in [-0.3, -0.25) is 9.59 Å². The summed E-state index contributed by atoms with van der Waals surface area (Å²) in [5.41, 5.74) is 0.601. The van der Waals surface area contributed by atoms with Crippen LogP contribution in [0.3, 0.4) is 0 Å². The quantitative estimate of drug-likeness (QED) is 0.869. The maximum absolute atomic E-state index is 11.7. The van der Waals surface area contributed by atoms with Crippen LogP contribution in [0.2, 0.25) is 5.02 Å². The lowest BCUT2D eigenvalue weighted by Crippen LogP contribution is -2.29. The summed E-state index contributed by atoms with van der Waals surface area (Å²) in [7, 11) is 0. The highest BCUT2D eigenvalue weighted by Crippen LogP contribution is 2.17. The van der Waals surface area contributed by atoms with Crippen molar-refractivity contribution in [3.8, 4) is 0 Å². The van der Waals surface area contributed by atoms with Crippen molar-refractivity contribution in [2.24, 2.45) is 11.8 Å². The Morgan fingerprint density at radius 2 is 1.71 bits per heavy atom. The number of anilines is 1. The molecule has 1 amide bonds. The molecule has 2 atom stereocenters. The molecule has 1 rings (SSSR count). The molecule has 0 heterocycles. The first-order valence-electron chi connectivity index (χ1n) is 5.21. The molecule has 0 aliphatic carbocycles. The van der Waals surface area contributed by atoms with Gasteiger partial charge >= 0.3 is 5.97 Å². The van der Waals surface area contributed by atoms with Gasteiger partial charge in [0.2, 0.25) is 5.91 Å². The highest BCUT2D eigenvalue weighted by atomic mass is 35.5. The molecule has 2 N–H and O–H groups in total. The molecule has 0 saturated heterocycles. The number of aliphatic carboxylic acids is 1. The molecule has 2 unspecified atom stereocenters. The van der Waals surface area contributed by atoms with Crippen molar-refractivity contribution in [2.45, 2.75) is 13.8 Å². The molecule has 1 aromatic rings. The fourth-order valence-corrected chi connectivity index (χ4v) is 1.36. The van der Waals surface area contributed by atoms with Crippen LogP contribution in [-0.2, 0) is 9.59 Å². The molecule has 0 aliphatic heterocycles. The van der Waals surface area contributed by atoms with Crippen LogP contribution < -0.4 is 5.32 Å². The number of nitrogens with one attached hydrogen (secondary N) is 1. The summed E-state index contributed by atoms with van der Waals surface area (Å²) in [6, 6.07) is 6.64. The number of hydrogen-bond donors (Lipinski definition) is 2. The van der Waals surface area contributed by atoms with Crippen LogP contribution in [-0.4, -0.2) is 17.0 Å². The Balaban J connectivity index is 2.66. The molecule has 0 spiro atoms. The molecule has 0 aromatic heterocycles. The van der Waals surface area contributed by atoms with Crippen LogP contribution in [0.1, 0.15) is 13.8 Å². The van der Waals surface area contributed by atoms with Gasteiger partial charge in [0.05, 0.1) is 5.92 Å². The Morgan fingerprint density at radius 3 is 2.18 bits per heavy atom. The topological polar surface area (TPSA) is 66.4 Å². The maximum atomic E-state index is 11.7. The van der Waals surface area contributed by atoms with E-state index in [1.54, 1.807) is 31.2 Å². The van der Waals surface area contributed by atoms with Gasteiger partial charge in [0.25, 0.3) is 0 Å². The molecular formula is C12H14ClNO3. The average molecular weight is 256 g/mol. The summed E-state index contributed by atoms with van der Waals surface area (Å²) in [6.07, 6.45) is 0. The van der Waals surface area contributed by atoms with Crippen LogP contribution >= 0.6 is 11.6 Å². The van der Waals surface area contributed by atoms with Gasteiger partial charge in [0.15, 0.2) is 0 Å². The summed E-state index contributed by atoms with van der Waals surface area (Å²) in [6.45, 7) is 3.10. The summed E-state index contributed by atoms with van der Waals surface area (Å²) < 4.78 is 0. The molecule has 4 nitrogen and oxygen atoms in total. The number of carbonyl (C=O) groups excluding carboxylic acids is 1. The second kappa shape index (κ2) is 5.68. The lowest BCUT2D eigenvalue weighted by Gasteiger charge is -2.15. The Kier molecular flexibility index (Phi) is 4.52. The molecule has 0 radical (unpaired) electrons. The first kappa shape index (κ1) is 13.5. The molecular weight excluding hydrogens is 242 g/mol. The molecule has 0 saturated carbocycles. The standard InChI is InChI=1S/C12H14ClNO3/c1-7(8(2)12(16)17)11(15)14-10-5-3-9(13)4-6-10/h3-8H,1-2H3,(H,14,15)(H,16,17). The van der Waals surface area contributed by atoms with Crippen LogP contribution in [0.15, 0.2) is 24.3 Å². The van der Waals surface area contributed by atoms with Crippen LogP contribution in [0, 0.1) is 11.8 Å². The van der Waals surface area contributed by atoms with Crippen LogP contribution in [0.4, 0.5) is 5.69 Å². The number of amides is 1. The lowest BCUT2D eigenvalue weighted by atomic mass is 9.95. The minimum atomic E-state index is -0.983. The monoisotopic (exact) mass is 255 g/mol. The summed E-state index contributed by atoms with van der Waals surface area (Å²) in [4.78, 5) is 22.5. The average Bonchev–Trinajstić information content (AvgIpc) is 2.30. The zero-order valence-electron chi connectivity index (χ0n) is 9.61. The molecule has 92 valence electrons. The van der Waals surface area contributed by atoms with Gasteiger partial charge in [-0.15, -0.1) is 0 Å². The van der Waals surface area contributed by atoms with Crippen molar-refractivity contribution >= 4 is 29.2 Å². The predicted octanol–water partition coefficient (Wildman–Crippen LogP) is 2.64. The van der Waals surface area contributed by atoms with E-state index in [-0.39, 0.29) is 5.91 Å². The van der Waals surface area contributed by atoms with E-state index in [9.17, 15) is 9.59 Å². The van der Waals surface area contributed by atoms with E-state index in [1.807, 2.05) is 0 Å². The lowest BCUT2D eigenvalue weighted by molar-refractivity contribution is -0.145. The number of benzene rings is 1. The van der Waals surface area contributed by atoms with Crippen molar-refractivity contribution in [3.63, 3.8) is 0 Å². The minimum Gasteiger partial charge on any atom is -0.481 e. The third-order valence-corrected chi connectivity index (χ3v) is 2.92. The third-order valence-electron chi connectivity index (χ3n) is 2.66. The zero-order chi connectivity index (χ0) is 13.0. The number of rotatable bonds is 4. The third kappa shape index (κ3) is 3.75. The summed E-state index contributed by atoms with van der Waals surface area (Å²) in [5.74, 6) is -2.61. The van der Waals surface area contributed by atoms with Crippen LogP contribution in [0.25, 0.3) is 0 Å². The van der Waals surface area contributed by atoms with Crippen molar-refractivity contribution in [1.82, 2.24) is 0 Å². The summed E-state index contributed by atoms with van der Waals surface area (Å²) in [5, 5.41) is 12.0. The van der Waals surface area contributed by atoms with Gasteiger partial charge in [0.1, 0.15) is 0 Å². The van der Waals surface area contributed by atoms with E-state index in [2.05, 4.69) is 5.32 Å². The Hall–Kier alpha value is -1.55. The Morgan fingerprint density at radius 1 is 1.18 bits per heavy atom. The number of hydrogen-bond acceptors (Lipinski definition) is 2. The SMILES string of the molecule is CC(C(=O)O)C(C)C(=O)Nc1ccc(Cl)cc1. The van der Waals surface area contributed by atoms with Crippen LogP contribution in [0.5, 0.6) is 0 Å². The number of carbonyl (C=O) groups is 2. The Bertz CT molecular complexity index is 416. The molecule has 0 fully saturated rings. The molecule has 5 heteroatoms. The van der Waals surface area contributed by atoms with E-state index < -0.39 is 17.8 Å². The van der Waals surface area contributed by atoms with Gasteiger partial charge < -0.3 is 10.4 Å². The van der Waals surface area contributed by atoms with Crippen molar-refractivity contribution < 1.29 is 14.7 Å². The second-order valence-electron chi connectivity index (χ2n) is 3.91. The van der Waals surface area contributed by atoms with E-state index >= 15 is 0 Å². The van der Waals surface area contributed by atoms with Gasteiger partial charge in [-0.2, -0.15) is 0 Å². The van der Waals surface area contributed by atoms with E-state index in [1.165, 1.54) is 6.92 Å². The van der Waals surface area contributed by atoms with Gasteiger partial charge in [-0.25, -0.2) is 0 Å². The normalized spacial score (nSPS) is 13.8. The van der Waals surface area contributed by atoms with Gasteiger partial charge in [-0.05, 0) is 24.3 Å². The molecule has 17 heavy (non-hydrogen) atoms. The zero-order valence-corrected chi connectivity index (χ0v) is 10.4. The number of halogens is 1. The first-order chi connectivity index (χ1) is 7.91. The highest BCUT2D eigenvalue weighted by molar-refractivity contribution is 6.30. The largest absolute Gasteiger partial charge is 0.481 e.